The van der Waals surface area contributed by atoms with Crippen molar-refractivity contribution in [3.63, 3.8) is 0 Å². The summed E-state index contributed by atoms with van der Waals surface area (Å²) in [4.78, 5) is 5.12. The van der Waals surface area contributed by atoms with Gasteiger partial charge in [0.05, 0.1) is 13.4 Å². The zero-order valence-electron chi connectivity index (χ0n) is 9.88. The van der Waals surface area contributed by atoms with E-state index in [4.69, 9.17) is 10.5 Å². The van der Waals surface area contributed by atoms with Gasteiger partial charge in [-0.15, -0.1) is 11.8 Å². The molecule has 1 aromatic heterocycles. The first-order valence-electron chi connectivity index (χ1n) is 5.22. The summed E-state index contributed by atoms with van der Waals surface area (Å²) in [7, 11) is 3.64. The third-order valence-corrected chi connectivity index (χ3v) is 3.62. The number of nitrogen functional groups attached to an aromatic ring is 1. The van der Waals surface area contributed by atoms with E-state index < -0.39 is 0 Å². The maximum absolute atomic E-state index is 5.92. The van der Waals surface area contributed by atoms with Gasteiger partial charge in [0.15, 0.2) is 0 Å². The zero-order valence-corrected chi connectivity index (χ0v) is 10.7. The topological polar surface area (TPSA) is 53.1 Å². The number of aryl methyl sites for hydroxylation is 1. The summed E-state index contributed by atoms with van der Waals surface area (Å²) in [6.45, 7) is 0. The number of anilines is 1. The highest BCUT2D eigenvalue weighted by Gasteiger charge is 2.05. The maximum atomic E-state index is 5.92. The van der Waals surface area contributed by atoms with Crippen LogP contribution in [0.15, 0.2) is 35.6 Å². The van der Waals surface area contributed by atoms with E-state index in [0.717, 1.165) is 27.8 Å². The van der Waals surface area contributed by atoms with E-state index in [2.05, 4.69) is 4.98 Å². The Labute approximate surface area is 105 Å². The highest BCUT2D eigenvalue weighted by atomic mass is 32.2. The molecule has 0 spiro atoms. The van der Waals surface area contributed by atoms with Gasteiger partial charge in [-0.1, -0.05) is 0 Å². The second kappa shape index (κ2) is 5.14. The summed E-state index contributed by atoms with van der Waals surface area (Å²) in [5, 5.41) is 0. The molecule has 4 nitrogen and oxygen atoms in total. The molecule has 5 heteroatoms. The van der Waals surface area contributed by atoms with E-state index in [1.165, 1.54) is 0 Å². The number of hydrogen-bond donors (Lipinski definition) is 1. The Balaban J connectivity index is 2.11. The van der Waals surface area contributed by atoms with Gasteiger partial charge in [0, 0.05) is 35.3 Å². The van der Waals surface area contributed by atoms with Crippen LogP contribution in [-0.2, 0) is 12.8 Å². The van der Waals surface area contributed by atoms with Crippen molar-refractivity contribution in [3.8, 4) is 5.75 Å². The van der Waals surface area contributed by atoms with E-state index in [9.17, 15) is 0 Å². The Morgan fingerprint density at radius 2 is 2.29 bits per heavy atom. The average Bonchev–Trinajstić information content (AvgIpc) is 2.74. The number of rotatable bonds is 4. The first-order valence-corrected chi connectivity index (χ1v) is 6.21. The van der Waals surface area contributed by atoms with Crippen LogP contribution >= 0.6 is 11.8 Å². The molecule has 1 aromatic carbocycles. The predicted octanol–water partition coefficient (Wildman–Crippen LogP) is 2.30. The molecule has 0 atom stereocenters. The van der Waals surface area contributed by atoms with E-state index in [1.807, 2.05) is 36.0 Å². The largest absolute Gasteiger partial charge is 0.497 e. The number of nitrogens with two attached hydrogens (primary N) is 1. The number of aromatic nitrogens is 2. The van der Waals surface area contributed by atoms with Crippen LogP contribution in [0.3, 0.4) is 0 Å². The fourth-order valence-electron chi connectivity index (χ4n) is 1.44. The molecular formula is C12H15N3OS. The Morgan fingerprint density at radius 1 is 1.47 bits per heavy atom. The van der Waals surface area contributed by atoms with Gasteiger partial charge in [-0.25, -0.2) is 4.98 Å². The minimum absolute atomic E-state index is 0.776. The molecule has 90 valence electrons. The first-order chi connectivity index (χ1) is 8.20. The molecule has 0 saturated heterocycles. The molecule has 0 radical (unpaired) electrons. The molecule has 0 aliphatic heterocycles. The SMILES string of the molecule is COc1ccc(N)c(SCc2cncn2C)c1. The van der Waals surface area contributed by atoms with Crippen molar-refractivity contribution in [1.82, 2.24) is 9.55 Å². The molecule has 0 aliphatic rings. The number of thioether (sulfide) groups is 1. The van der Waals surface area contributed by atoms with Gasteiger partial charge >= 0.3 is 0 Å². The van der Waals surface area contributed by atoms with Crippen molar-refractivity contribution in [1.29, 1.82) is 0 Å². The van der Waals surface area contributed by atoms with Gasteiger partial charge in [-0.05, 0) is 18.2 Å². The maximum Gasteiger partial charge on any atom is 0.120 e. The van der Waals surface area contributed by atoms with Gasteiger partial charge < -0.3 is 15.0 Å². The first kappa shape index (κ1) is 11.9. The zero-order chi connectivity index (χ0) is 12.3. The van der Waals surface area contributed by atoms with E-state index in [0.29, 0.717) is 0 Å². The Morgan fingerprint density at radius 3 is 2.94 bits per heavy atom. The molecule has 2 rings (SSSR count). The molecule has 0 aliphatic carbocycles. The van der Waals surface area contributed by atoms with E-state index in [1.54, 1.807) is 25.2 Å². The van der Waals surface area contributed by atoms with Crippen molar-refractivity contribution in [3.05, 3.63) is 36.4 Å². The van der Waals surface area contributed by atoms with Crippen LogP contribution < -0.4 is 10.5 Å². The molecule has 2 aromatic rings. The van der Waals surface area contributed by atoms with Crippen molar-refractivity contribution in [2.45, 2.75) is 10.6 Å². The molecule has 0 amide bonds. The quantitative estimate of drug-likeness (QED) is 0.667. The van der Waals surface area contributed by atoms with Crippen molar-refractivity contribution >= 4 is 17.4 Å². The number of hydrogen-bond acceptors (Lipinski definition) is 4. The van der Waals surface area contributed by atoms with Crippen LogP contribution in [0.5, 0.6) is 5.75 Å². The second-order valence-electron chi connectivity index (χ2n) is 3.69. The lowest BCUT2D eigenvalue weighted by Crippen LogP contribution is -1.94. The molecule has 0 saturated carbocycles. The molecule has 2 N–H and O–H groups in total. The smallest absolute Gasteiger partial charge is 0.120 e. The highest BCUT2D eigenvalue weighted by Crippen LogP contribution is 2.31. The third-order valence-electron chi connectivity index (χ3n) is 2.51. The molecule has 0 unspecified atom stereocenters. The lowest BCUT2D eigenvalue weighted by molar-refractivity contribution is 0.414. The van der Waals surface area contributed by atoms with E-state index >= 15 is 0 Å². The minimum atomic E-state index is 0.776. The van der Waals surface area contributed by atoms with Crippen LogP contribution in [0.2, 0.25) is 0 Å². The lowest BCUT2D eigenvalue weighted by Gasteiger charge is -2.08. The lowest BCUT2D eigenvalue weighted by atomic mass is 10.3. The van der Waals surface area contributed by atoms with Gasteiger partial charge in [0.25, 0.3) is 0 Å². The van der Waals surface area contributed by atoms with Gasteiger partial charge in [0.1, 0.15) is 5.75 Å². The molecule has 17 heavy (non-hydrogen) atoms. The number of ether oxygens (including phenoxy) is 1. The third kappa shape index (κ3) is 2.74. The molecule has 0 fully saturated rings. The Bertz CT molecular complexity index is 510. The molecule has 1 heterocycles. The summed E-state index contributed by atoms with van der Waals surface area (Å²) in [5.74, 6) is 1.67. The Kier molecular flexibility index (Phi) is 3.58. The molecular weight excluding hydrogens is 234 g/mol. The van der Waals surface area contributed by atoms with Gasteiger partial charge in [-0.3, -0.25) is 0 Å². The summed E-state index contributed by atoms with van der Waals surface area (Å²) in [6.07, 6.45) is 3.66. The van der Waals surface area contributed by atoms with Crippen LogP contribution in [0.25, 0.3) is 0 Å². The highest BCUT2D eigenvalue weighted by molar-refractivity contribution is 7.98. The Hall–Kier alpha value is -1.62. The summed E-state index contributed by atoms with van der Waals surface area (Å²) in [6, 6.07) is 5.68. The van der Waals surface area contributed by atoms with Crippen LogP contribution in [0.1, 0.15) is 5.69 Å². The van der Waals surface area contributed by atoms with Crippen LogP contribution in [0, 0.1) is 0 Å². The minimum Gasteiger partial charge on any atom is -0.497 e. The second-order valence-corrected chi connectivity index (χ2v) is 4.71. The normalized spacial score (nSPS) is 10.5. The number of methoxy groups -OCH3 is 1. The van der Waals surface area contributed by atoms with E-state index in [-0.39, 0.29) is 0 Å². The number of imidazole rings is 1. The standard InChI is InChI=1S/C12H15N3OS/c1-15-8-14-6-9(15)7-17-12-5-10(16-2)3-4-11(12)13/h3-6,8H,7,13H2,1-2H3. The summed E-state index contributed by atoms with van der Waals surface area (Å²) < 4.78 is 7.19. The molecule has 0 bridgehead atoms. The predicted molar refractivity (Wildman–Crippen MR) is 70.2 cm³/mol. The number of benzene rings is 1. The van der Waals surface area contributed by atoms with Gasteiger partial charge in [0.2, 0.25) is 0 Å². The summed E-state index contributed by atoms with van der Waals surface area (Å²) >= 11 is 1.68. The van der Waals surface area contributed by atoms with Crippen molar-refractivity contribution < 1.29 is 4.74 Å². The average molecular weight is 249 g/mol. The fraction of sp³-hybridized carbons (Fsp3) is 0.250. The number of nitrogens with zero attached hydrogens (tertiary/aromatic N) is 2. The summed E-state index contributed by atoms with van der Waals surface area (Å²) in [5.41, 5.74) is 7.86. The van der Waals surface area contributed by atoms with Crippen LogP contribution in [-0.4, -0.2) is 16.7 Å². The van der Waals surface area contributed by atoms with Crippen molar-refractivity contribution in [2.24, 2.45) is 7.05 Å². The van der Waals surface area contributed by atoms with Crippen LogP contribution in [0.4, 0.5) is 5.69 Å². The van der Waals surface area contributed by atoms with Crippen molar-refractivity contribution in [2.75, 3.05) is 12.8 Å². The monoisotopic (exact) mass is 249 g/mol. The van der Waals surface area contributed by atoms with Gasteiger partial charge in [-0.2, -0.15) is 0 Å². The fourth-order valence-corrected chi connectivity index (χ4v) is 2.46.